The second kappa shape index (κ2) is 10.8. The molecule has 0 heterocycles. The van der Waals surface area contributed by atoms with Crippen molar-refractivity contribution in [3.63, 3.8) is 0 Å². The zero-order valence-electron chi connectivity index (χ0n) is 17.0. The average Bonchev–Trinajstić information content (AvgIpc) is 2.73. The molecule has 1 saturated carbocycles. The fourth-order valence-electron chi connectivity index (χ4n) is 3.54. The van der Waals surface area contributed by atoms with E-state index in [4.69, 9.17) is 14.6 Å². The number of aliphatic hydroxyl groups is 1. The lowest BCUT2D eigenvalue weighted by molar-refractivity contribution is -0.137. The lowest BCUT2D eigenvalue weighted by atomic mass is 9.89. The number of para-hydroxylation sites is 1. The molecule has 0 unspecified atom stereocenters. The predicted molar refractivity (Wildman–Crippen MR) is 111 cm³/mol. The second-order valence-corrected chi connectivity index (χ2v) is 7.51. The van der Waals surface area contributed by atoms with E-state index in [1.54, 1.807) is 24.3 Å². The number of ether oxygens (including phenoxy) is 2. The maximum atomic E-state index is 13.8. The van der Waals surface area contributed by atoms with Crippen LogP contribution in [0.4, 0.5) is 4.39 Å². The summed E-state index contributed by atoms with van der Waals surface area (Å²) in [5, 5.41) is 22.2. The van der Waals surface area contributed by atoms with Gasteiger partial charge in [0.1, 0.15) is 23.8 Å². The SMILES string of the molecule is O=C(O)CCCC(=O)N[C@@H]1CCC[C@@H](Oc2ccc(F)cc2Oc2ccccc2)[C@@H]1O. The molecule has 2 aromatic carbocycles. The molecule has 2 aromatic rings. The molecule has 8 heteroatoms. The first-order chi connectivity index (χ1) is 14.9. The monoisotopic (exact) mass is 431 g/mol. The van der Waals surface area contributed by atoms with Crippen LogP contribution in [-0.2, 0) is 9.59 Å². The number of carbonyl (C=O) groups excluding carboxylic acids is 1. The van der Waals surface area contributed by atoms with Gasteiger partial charge in [-0.1, -0.05) is 18.2 Å². The summed E-state index contributed by atoms with van der Waals surface area (Å²) in [7, 11) is 0. The number of rotatable bonds is 9. The number of hydrogen-bond acceptors (Lipinski definition) is 5. The highest BCUT2D eigenvalue weighted by molar-refractivity contribution is 5.77. The van der Waals surface area contributed by atoms with Gasteiger partial charge in [-0.05, 0) is 49.9 Å². The Hall–Kier alpha value is -3.13. The minimum absolute atomic E-state index is 0.0775. The van der Waals surface area contributed by atoms with Crippen LogP contribution < -0.4 is 14.8 Å². The molecule has 0 spiro atoms. The summed E-state index contributed by atoms with van der Waals surface area (Å²) in [6.07, 6.45) is 0.526. The fraction of sp³-hybridized carbons (Fsp3) is 0.391. The highest BCUT2D eigenvalue weighted by Gasteiger charge is 2.34. The van der Waals surface area contributed by atoms with Crippen LogP contribution in [0.5, 0.6) is 17.2 Å². The summed E-state index contributed by atoms with van der Waals surface area (Å²) in [6.45, 7) is 0. The lowest BCUT2D eigenvalue weighted by Crippen LogP contribution is -2.52. The van der Waals surface area contributed by atoms with Crippen molar-refractivity contribution in [2.45, 2.75) is 56.8 Å². The summed E-state index contributed by atoms with van der Waals surface area (Å²) in [5.74, 6) is -0.726. The lowest BCUT2D eigenvalue weighted by Gasteiger charge is -2.35. The minimum Gasteiger partial charge on any atom is -0.484 e. The van der Waals surface area contributed by atoms with Crippen molar-refractivity contribution in [2.24, 2.45) is 0 Å². The first-order valence-electron chi connectivity index (χ1n) is 10.3. The quantitative estimate of drug-likeness (QED) is 0.560. The minimum atomic E-state index is -0.966. The van der Waals surface area contributed by atoms with Crippen molar-refractivity contribution in [2.75, 3.05) is 0 Å². The van der Waals surface area contributed by atoms with Crippen LogP contribution in [-0.4, -0.2) is 40.3 Å². The maximum absolute atomic E-state index is 13.8. The molecule has 31 heavy (non-hydrogen) atoms. The van der Waals surface area contributed by atoms with Crippen molar-refractivity contribution in [1.29, 1.82) is 0 Å². The molecule has 3 rings (SSSR count). The zero-order chi connectivity index (χ0) is 22.2. The Kier molecular flexibility index (Phi) is 7.83. The van der Waals surface area contributed by atoms with Gasteiger partial charge < -0.3 is 25.0 Å². The number of amides is 1. The van der Waals surface area contributed by atoms with Gasteiger partial charge in [0.15, 0.2) is 11.5 Å². The van der Waals surface area contributed by atoms with E-state index in [2.05, 4.69) is 5.32 Å². The van der Waals surface area contributed by atoms with Gasteiger partial charge in [0.2, 0.25) is 5.91 Å². The van der Waals surface area contributed by atoms with Gasteiger partial charge in [-0.2, -0.15) is 0 Å². The Balaban J connectivity index is 1.64. The maximum Gasteiger partial charge on any atom is 0.303 e. The van der Waals surface area contributed by atoms with Crippen LogP contribution in [0.1, 0.15) is 38.5 Å². The molecule has 0 radical (unpaired) electrons. The fourth-order valence-corrected chi connectivity index (χ4v) is 3.54. The molecule has 1 aliphatic carbocycles. The van der Waals surface area contributed by atoms with Crippen LogP contribution in [0.25, 0.3) is 0 Å². The van der Waals surface area contributed by atoms with Crippen LogP contribution >= 0.6 is 0 Å². The molecule has 1 aliphatic rings. The Morgan fingerprint density at radius 2 is 1.84 bits per heavy atom. The first kappa shape index (κ1) is 22.6. The van der Waals surface area contributed by atoms with Gasteiger partial charge in [-0.15, -0.1) is 0 Å². The number of carbonyl (C=O) groups is 2. The number of aliphatic hydroxyl groups excluding tert-OH is 1. The third-order valence-corrected chi connectivity index (χ3v) is 5.09. The van der Waals surface area contributed by atoms with Crippen molar-refractivity contribution in [1.82, 2.24) is 5.32 Å². The van der Waals surface area contributed by atoms with E-state index >= 15 is 0 Å². The van der Waals surface area contributed by atoms with Crippen LogP contribution in [0.3, 0.4) is 0 Å². The summed E-state index contributed by atoms with van der Waals surface area (Å²) >= 11 is 0. The van der Waals surface area contributed by atoms with Gasteiger partial charge >= 0.3 is 5.97 Å². The van der Waals surface area contributed by atoms with Crippen molar-refractivity contribution < 1.29 is 33.7 Å². The standard InChI is InChI=1S/C23H26FNO6/c24-15-12-13-18(20(14-15)30-16-6-2-1-3-7-16)31-19-9-4-8-17(23(19)29)25-21(26)10-5-11-22(27)28/h1-3,6-7,12-14,17,19,23,29H,4-5,8-11H2,(H,25,26)(H,27,28)/t17-,19-,23-/m1/s1. The average molecular weight is 431 g/mol. The number of aliphatic carboxylic acids is 1. The molecule has 0 aliphatic heterocycles. The Morgan fingerprint density at radius 3 is 2.58 bits per heavy atom. The van der Waals surface area contributed by atoms with Gasteiger partial charge in [0.25, 0.3) is 0 Å². The molecule has 3 N–H and O–H groups in total. The molecule has 0 saturated heterocycles. The van der Waals surface area contributed by atoms with Crippen LogP contribution in [0, 0.1) is 5.82 Å². The summed E-state index contributed by atoms with van der Waals surface area (Å²) in [6, 6.07) is 12.3. The summed E-state index contributed by atoms with van der Waals surface area (Å²) in [5.41, 5.74) is 0. The molecule has 0 bridgehead atoms. The van der Waals surface area contributed by atoms with E-state index in [1.807, 2.05) is 6.07 Å². The predicted octanol–water partition coefficient (Wildman–Crippen LogP) is 3.65. The van der Waals surface area contributed by atoms with Gasteiger partial charge in [-0.3, -0.25) is 9.59 Å². The topological polar surface area (TPSA) is 105 Å². The molecule has 3 atom stereocenters. The number of carboxylic acids is 1. The van der Waals surface area contributed by atoms with E-state index in [9.17, 15) is 19.1 Å². The van der Waals surface area contributed by atoms with Gasteiger partial charge in [-0.25, -0.2) is 4.39 Å². The Bertz CT molecular complexity index is 891. The smallest absolute Gasteiger partial charge is 0.303 e. The molecular formula is C23H26FNO6. The molecule has 0 aromatic heterocycles. The third-order valence-electron chi connectivity index (χ3n) is 5.09. The van der Waals surface area contributed by atoms with E-state index in [-0.39, 0.29) is 30.9 Å². The molecule has 7 nitrogen and oxygen atoms in total. The van der Waals surface area contributed by atoms with Crippen molar-refractivity contribution in [3.8, 4) is 17.2 Å². The Labute approximate surface area is 179 Å². The first-order valence-corrected chi connectivity index (χ1v) is 10.3. The van der Waals surface area contributed by atoms with Crippen LogP contribution in [0.15, 0.2) is 48.5 Å². The number of nitrogens with one attached hydrogen (secondary N) is 1. The highest BCUT2D eigenvalue weighted by Crippen LogP contribution is 2.35. The molecular weight excluding hydrogens is 405 g/mol. The summed E-state index contributed by atoms with van der Waals surface area (Å²) < 4.78 is 25.5. The largest absolute Gasteiger partial charge is 0.484 e. The van der Waals surface area contributed by atoms with E-state index in [0.29, 0.717) is 24.3 Å². The summed E-state index contributed by atoms with van der Waals surface area (Å²) in [4.78, 5) is 22.7. The zero-order valence-corrected chi connectivity index (χ0v) is 17.0. The van der Waals surface area contributed by atoms with Crippen molar-refractivity contribution >= 4 is 11.9 Å². The number of halogens is 1. The Morgan fingerprint density at radius 1 is 1.06 bits per heavy atom. The van der Waals surface area contributed by atoms with Gasteiger partial charge in [0, 0.05) is 18.9 Å². The normalized spacial score (nSPS) is 20.6. The third kappa shape index (κ3) is 6.68. The van der Waals surface area contributed by atoms with E-state index in [0.717, 1.165) is 6.42 Å². The number of hydrogen-bond donors (Lipinski definition) is 3. The molecule has 166 valence electrons. The van der Waals surface area contributed by atoms with E-state index in [1.165, 1.54) is 18.2 Å². The molecule has 1 amide bonds. The highest BCUT2D eigenvalue weighted by atomic mass is 19.1. The van der Waals surface area contributed by atoms with Crippen molar-refractivity contribution in [3.05, 3.63) is 54.3 Å². The van der Waals surface area contributed by atoms with Crippen LogP contribution in [0.2, 0.25) is 0 Å². The van der Waals surface area contributed by atoms with Gasteiger partial charge in [0.05, 0.1) is 6.04 Å². The number of carboxylic acid groups (broad SMARTS) is 1. The second-order valence-electron chi connectivity index (χ2n) is 7.51. The number of benzene rings is 2. The molecule has 1 fully saturated rings. The van der Waals surface area contributed by atoms with E-state index < -0.39 is 30.0 Å².